The van der Waals surface area contributed by atoms with Crippen molar-refractivity contribution in [3.05, 3.63) is 0 Å². The Morgan fingerprint density at radius 3 is 2.59 bits per heavy atom. The van der Waals surface area contributed by atoms with Gasteiger partial charge >= 0.3 is 5.97 Å². The van der Waals surface area contributed by atoms with Gasteiger partial charge in [-0.05, 0) is 46.6 Å². The van der Waals surface area contributed by atoms with Crippen LogP contribution in [0.15, 0.2) is 0 Å². The van der Waals surface area contributed by atoms with Crippen LogP contribution in [-0.2, 0) is 4.79 Å². The van der Waals surface area contributed by atoms with Crippen molar-refractivity contribution in [2.45, 2.75) is 64.1 Å². The van der Waals surface area contributed by atoms with E-state index in [1.807, 2.05) is 0 Å². The van der Waals surface area contributed by atoms with Gasteiger partial charge < -0.3 is 10.0 Å². The summed E-state index contributed by atoms with van der Waals surface area (Å²) in [6, 6.07) is 0.930. The van der Waals surface area contributed by atoms with Gasteiger partial charge in [0.05, 0.1) is 0 Å². The SMILES string of the molecule is CCC(C)N(C)CCC(C)(NC1CC1)C(=O)O. The van der Waals surface area contributed by atoms with Gasteiger partial charge in [-0.25, -0.2) is 0 Å². The van der Waals surface area contributed by atoms with Crippen molar-refractivity contribution in [2.24, 2.45) is 0 Å². The van der Waals surface area contributed by atoms with Crippen LogP contribution in [0.4, 0.5) is 0 Å². The van der Waals surface area contributed by atoms with E-state index in [0.717, 1.165) is 25.8 Å². The number of aliphatic carboxylic acids is 1. The molecule has 1 saturated carbocycles. The highest BCUT2D eigenvalue weighted by molar-refractivity contribution is 5.78. The van der Waals surface area contributed by atoms with Crippen LogP contribution in [0, 0.1) is 0 Å². The van der Waals surface area contributed by atoms with Gasteiger partial charge in [-0.2, -0.15) is 0 Å². The maximum absolute atomic E-state index is 11.4. The molecule has 2 unspecified atom stereocenters. The highest BCUT2D eigenvalue weighted by atomic mass is 16.4. The zero-order valence-electron chi connectivity index (χ0n) is 11.5. The zero-order valence-corrected chi connectivity index (χ0v) is 11.5. The maximum atomic E-state index is 11.4. The predicted octanol–water partition coefficient (Wildman–Crippen LogP) is 1.70. The average Bonchev–Trinajstić information content (AvgIpc) is 3.08. The molecule has 0 aromatic carbocycles. The molecule has 1 fully saturated rings. The van der Waals surface area contributed by atoms with Crippen molar-refractivity contribution in [1.82, 2.24) is 10.2 Å². The Hall–Kier alpha value is -0.610. The summed E-state index contributed by atoms with van der Waals surface area (Å²) in [5, 5.41) is 12.6. The number of hydrogen-bond donors (Lipinski definition) is 2. The molecule has 4 nitrogen and oxygen atoms in total. The summed E-state index contributed by atoms with van der Waals surface area (Å²) in [4.78, 5) is 13.6. The number of hydrogen-bond acceptors (Lipinski definition) is 3. The fourth-order valence-electron chi connectivity index (χ4n) is 1.85. The molecule has 0 amide bonds. The minimum atomic E-state index is -0.775. The molecule has 0 aromatic heterocycles. The monoisotopic (exact) mass is 242 g/mol. The van der Waals surface area contributed by atoms with Crippen molar-refractivity contribution >= 4 is 5.97 Å². The Balaban J connectivity index is 2.45. The largest absolute Gasteiger partial charge is 0.480 e. The molecular weight excluding hydrogens is 216 g/mol. The minimum Gasteiger partial charge on any atom is -0.480 e. The number of carboxylic acid groups (broad SMARTS) is 1. The Morgan fingerprint density at radius 2 is 2.18 bits per heavy atom. The Bertz CT molecular complexity index is 266. The van der Waals surface area contributed by atoms with Crippen LogP contribution in [-0.4, -0.2) is 47.2 Å². The summed E-state index contributed by atoms with van der Waals surface area (Å²) in [7, 11) is 2.06. The second kappa shape index (κ2) is 5.83. The van der Waals surface area contributed by atoms with Gasteiger partial charge in [-0.15, -0.1) is 0 Å². The molecule has 0 aliphatic heterocycles. The normalized spacial score (nSPS) is 21.2. The van der Waals surface area contributed by atoms with Crippen molar-refractivity contribution < 1.29 is 9.90 Å². The third-order valence-electron chi connectivity index (χ3n) is 3.88. The van der Waals surface area contributed by atoms with Crippen LogP contribution in [0.2, 0.25) is 0 Å². The van der Waals surface area contributed by atoms with Gasteiger partial charge in [0, 0.05) is 18.6 Å². The third kappa shape index (κ3) is 4.28. The molecule has 0 spiro atoms. The third-order valence-corrected chi connectivity index (χ3v) is 3.88. The highest BCUT2D eigenvalue weighted by Gasteiger charge is 2.38. The van der Waals surface area contributed by atoms with Gasteiger partial charge in [-0.1, -0.05) is 6.92 Å². The molecule has 0 saturated heterocycles. The van der Waals surface area contributed by atoms with Crippen LogP contribution in [0.5, 0.6) is 0 Å². The zero-order chi connectivity index (χ0) is 13.1. The number of carboxylic acids is 1. The topological polar surface area (TPSA) is 52.6 Å². The molecular formula is C13H26N2O2. The lowest BCUT2D eigenvalue weighted by molar-refractivity contribution is -0.144. The van der Waals surface area contributed by atoms with Crippen LogP contribution in [0.3, 0.4) is 0 Å². The second-order valence-corrected chi connectivity index (χ2v) is 5.54. The maximum Gasteiger partial charge on any atom is 0.323 e. The molecule has 1 aliphatic rings. The number of rotatable bonds is 8. The lowest BCUT2D eigenvalue weighted by atomic mass is 9.97. The van der Waals surface area contributed by atoms with Gasteiger partial charge in [0.25, 0.3) is 0 Å². The first-order valence-electron chi connectivity index (χ1n) is 6.60. The molecule has 0 bridgehead atoms. The molecule has 0 heterocycles. The Labute approximate surface area is 104 Å². The molecule has 0 aromatic rings. The standard InChI is InChI=1S/C13H26N2O2/c1-5-10(2)15(4)9-8-13(3,12(16)17)14-11-6-7-11/h10-11,14H,5-9H2,1-4H3,(H,16,17). The Morgan fingerprint density at radius 1 is 1.59 bits per heavy atom. The van der Waals surface area contributed by atoms with Crippen LogP contribution in [0.1, 0.15) is 46.5 Å². The van der Waals surface area contributed by atoms with Crippen molar-refractivity contribution in [3.8, 4) is 0 Å². The summed E-state index contributed by atoms with van der Waals surface area (Å²) >= 11 is 0. The van der Waals surface area contributed by atoms with Crippen molar-refractivity contribution in [1.29, 1.82) is 0 Å². The number of nitrogens with zero attached hydrogens (tertiary/aromatic N) is 1. The summed E-state index contributed by atoms with van der Waals surface area (Å²) < 4.78 is 0. The van der Waals surface area contributed by atoms with Gasteiger partial charge in [0.1, 0.15) is 5.54 Å². The van der Waals surface area contributed by atoms with Crippen LogP contribution >= 0.6 is 0 Å². The molecule has 1 rings (SSSR count). The minimum absolute atomic E-state index is 0.421. The van der Waals surface area contributed by atoms with Crippen LogP contribution in [0.25, 0.3) is 0 Å². The number of nitrogens with one attached hydrogen (secondary N) is 1. The van der Waals surface area contributed by atoms with E-state index in [4.69, 9.17) is 0 Å². The van der Waals surface area contributed by atoms with E-state index in [0.29, 0.717) is 18.5 Å². The van der Waals surface area contributed by atoms with E-state index in [9.17, 15) is 9.90 Å². The van der Waals surface area contributed by atoms with Crippen molar-refractivity contribution in [2.75, 3.05) is 13.6 Å². The fourth-order valence-corrected chi connectivity index (χ4v) is 1.85. The average molecular weight is 242 g/mol. The van der Waals surface area contributed by atoms with Gasteiger partial charge in [-0.3, -0.25) is 10.1 Å². The van der Waals surface area contributed by atoms with Crippen LogP contribution < -0.4 is 5.32 Å². The molecule has 100 valence electrons. The first-order chi connectivity index (χ1) is 7.89. The Kier molecular flexibility index (Phi) is 4.95. The smallest absolute Gasteiger partial charge is 0.323 e. The number of carbonyl (C=O) groups is 1. The summed E-state index contributed by atoms with van der Waals surface area (Å²) in [5.41, 5.74) is -0.775. The summed E-state index contributed by atoms with van der Waals surface area (Å²) in [6.07, 6.45) is 3.98. The molecule has 0 radical (unpaired) electrons. The molecule has 2 atom stereocenters. The van der Waals surface area contributed by atoms with Gasteiger partial charge in [0.2, 0.25) is 0 Å². The summed E-state index contributed by atoms with van der Waals surface area (Å²) in [5.74, 6) is -0.734. The van der Waals surface area contributed by atoms with E-state index in [1.165, 1.54) is 0 Å². The molecule has 1 aliphatic carbocycles. The molecule has 17 heavy (non-hydrogen) atoms. The lowest BCUT2D eigenvalue weighted by Gasteiger charge is -2.31. The molecule has 4 heteroatoms. The van der Waals surface area contributed by atoms with E-state index < -0.39 is 11.5 Å². The van der Waals surface area contributed by atoms with E-state index in [2.05, 4.69) is 31.1 Å². The second-order valence-electron chi connectivity index (χ2n) is 5.54. The van der Waals surface area contributed by atoms with Gasteiger partial charge in [0.15, 0.2) is 0 Å². The fraction of sp³-hybridized carbons (Fsp3) is 0.923. The molecule has 2 N–H and O–H groups in total. The summed E-state index contributed by atoms with van der Waals surface area (Å²) in [6.45, 7) is 6.95. The highest BCUT2D eigenvalue weighted by Crippen LogP contribution is 2.24. The van der Waals surface area contributed by atoms with E-state index >= 15 is 0 Å². The van der Waals surface area contributed by atoms with E-state index in [-0.39, 0.29) is 0 Å². The quantitative estimate of drug-likeness (QED) is 0.680. The first kappa shape index (κ1) is 14.5. The lowest BCUT2D eigenvalue weighted by Crippen LogP contribution is -2.52. The first-order valence-corrected chi connectivity index (χ1v) is 6.60. The van der Waals surface area contributed by atoms with Crippen molar-refractivity contribution in [3.63, 3.8) is 0 Å². The van der Waals surface area contributed by atoms with E-state index in [1.54, 1.807) is 6.92 Å². The predicted molar refractivity (Wildman–Crippen MR) is 69.2 cm³/mol.